The van der Waals surface area contributed by atoms with E-state index in [2.05, 4.69) is 104 Å². The second kappa shape index (κ2) is 12.0. The van der Waals surface area contributed by atoms with Gasteiger partial charge in [0.15, 0.2) is 0 Å². The van der Waals surface area contributed by atoms with Crippen molar-refractivity contribution in [2.24, 2.45) is 0 Å². The Morgan fingerprint density at radius 1 is 0.933 bits per heavy atom. The molecular formula is C24H15BrCl2S2Zr-2. The van der Waals surface area contributed by atoms with E-state index in [0.29, 0.717) is 4.16 Å². The summed E-state index contributed by atoms with van der Waals surface area (Å²) in [5, 5.41) is 2.68. The van der Waals surface area contributed by atoms with Gasteiger partial charge in [-0.05, 0) is 6.42 Å². The molecule has 30 heavy (non-hydrogen) atoms. The summed E-state index contributed by atoms with van der Waals surface area (Å²) in [4.78, 5) is 1.37. The molecule has 0 spiro atoms. The largest absolute Gasteiger partial charge is 0.179 e. The van der Waals surface area contributed by atoms with Gasteiger partial charge in [0.2, 0.25) is 0 Å². The zero-order chi connectivity index (χ0) is 19.5. The van der Waals surface area contributed by atoms with Crippen molar-refractivity contribution in [3.05, 3.63) is 106 Å². The predicted molar refractivity (Wildman–Crippen MR) is 122 cm³/mol. The number of hydrogen-bond donors (Lipinski definition) is 0. The van der Waals surface area contributed by atoms with E-state index in [4.69, 9.17) is 0 Å². The minimum Gasteiger partial charge on any atom is -0.179 e. The molecular weight excluding hydrogens is 594 g/mol. The third-order valence-corrected chi connectivity index (χ3v) is 6.65. The number of fused-ring (bicyclic) bond motifs is 5. The molecule has 1 aliphatic heterocycles. The Hall–Kier alpha value is -0.347. The van der Waals surface area contributed by atoms with E-state index in [1.165, 1.54) is 43.2 Å². The van der Waals surface area contributed by atoms with Crippen LogP contribution in [0.3, 0.4) is 0 Å². The number of halogens is 3. The fourth-order valence-electron chi connectivity index (χ4n) is 3.68. The molecule has 0 saturated heterocycles. The van der Waals surface area contributed by atoms with Crippen molar-refractivity contribution in [2.75, 3.05) is 0 Å². The van der Waals surface area contributed by atoms with E-state index in [9.17, 15) is 0 Å². The summed E-state index contributed by atoms with van der Waals surface area (Å²) in [6, 6.07) is 26.6. The molecule has 0 nitrogen and oxygen atoms in total. The standard InChI is InChI=1S/C13H9.C11H6BrS.2ClH.S.Zr/c1-3-7-12-10(5-1)9-11-6-2-4-8-13(11)12;12-10-6-8-5-7-3-1-2-4-9(7)11(8)13-10;;;;/h1-5,7-8H,9H2;1-5,10H;2*1H;;/q2*-1;;;;+2/p-2. The van der Waals surface area contributed by atoms with Crippen LogP contribution in [0.5, 0.6) is 0 Å². The molecule has 3 aromatic rings. The molecule has 6 heteroatoms. The van der Waals surface area contributed by atoms with E-state index >= 15 is 0 Å². The van der Waals surface area contributed by atoms with Crippen LogP contribution in [0.25, 0.3) is 22.1 Å². The van der Waals surface area contributed by atoms with E-state index in [1.54, 1.807) is 0 Å². The van der Waals surface area contributed by atoms with Crippen molar-refractivity contribution in [1.29, 1.82) is 0 Å². The van der Waals surface area contributed by atoms with Gasteiger partial charge in [-0.15, -0.1) is 5.56 Å². The summed E-state index contributed by atoms with van der Waals surface area (Å²) < 4.78 is 0.335. The molecule has 0 N–H and O–H groups in total. The fourth-order valence-corrected chi connectivity index (χ4v) is 5.44. The maximum Gasteiger partial charge on any atom is -0.0253 e. The first kappa shape index (κ1) is 25.9. The van der Waals surface area contributed by atoms with E-state index in [0.717, 1.165) is 29.1 Å². The molecule has 0 aromatic heterocycles. The smallest absolute Gasteiger partial charge is 0.0253 e. The molecule has 1 atom stereocenters. The number of benzene rings is 3. The first-order valence-corrected chi connectivity index (χ1v) is 14.0. The van der Waals surface area contributed by atoms with Crippen LogP contribution in [0.2, 0.25) is 0 Å². The van der Waals surface area contributed by atoms with Crippen LogP contribution in [-0.2, 0) is 29.1 Å². The summed E-state index contributed by atoms with van der Waals surface area (Å²) in [5.74, 6) is 0. The minimum atomic E-state index is 0. The molecule has 6 rings (SSSR count). The van der Waals surface area contributed by atoms with Gasteiger partial charge in [-0.1, -0.05) is 90.9 Å². The molecule has 3 aliphatic rings. The zero-order valence-electron chi connectivity index (χ0n) is 15.7. The van der Waals surface area contributed by atoms with Gasteiger partial charge < -0.3 is 24.8 Å². The molecule has 0 amide bonds. The van der Waals surface area contributed by atoms with E-state index in [1.807, 2.05) is 17.8 Å². The van der Waals surface area contributed by atoms with Gasteiger partial charge in [0, 0.05) is 4.16 Å². The van der Waals surface area contributed by atoms with Crippen molar-refractivity contribution in [3.8, 4) is 11.1 Å². The van der Waals surface area contributed by atoms with Crippen molar-refractivity contribution in [2.45, 2.75) is 10.6 Å². The van der Waals surface area contributed by atoms with Gasteiger partial charge in [-0.25, -0.2) is 0 Å². The van der Waals surface area contributed by atoms with Gasteiger partial charge >= 0.3 is 31.5 Å². The van der Waals surface area contributed by atoms with Crippen LogP contribution in [-0.4, -0.2) is 4.16 Å². The second-order valence-corrected chi connectivity index (χ2v) is 9.09. The number of thioether (sulfide) groups is 1. The maximum atomic E-state index is 4.17. The monoisotopic (exact) mass is 606 g/mol. The Morgan fingerprint density at radius 2 is 1.63 bits per heavy atom. The minimum absolute atomic E-state index is 0. The Kier molecular flexibility index (Phi) is 10.4. The third kappa shape index (κ3) is 5.34. The van der Waals surface area contributed by atoms with Gasteiger partial charge in [0.05, 0.1) is 0 Å². The number of alkyl halides is 1. The Balaban J connectivity index is 0.000000186. The number of hydrogen-bond acceptors (Lipinski definition) is 2. The van der Waals surface area contributed by atoms with Crippen molar-refractivity contribution in [3.63, 3.8) is 0 Å². The summed E-state index contributed by atoms with van der Waals surface area (Å²) in [5.41, 5.74) is 6.77. The van der Waals surface area contributed by atoms with Crippen LogP contribution in [0.15, 0.2) is 72.3 Å². The fraction of sp³-hybridized carbons (Fsp3) is 0.0833. The van der Waals surface area contributed by atoms with Crippen LogP contribution in [0.1, 0.15) is 11.1 Å². The summed E-state index contributed by atoms with van der Waals surface area (Å²) in [7, 11) is 4.17. The van der Waals surface area contributed by atoms with E-state index < -0.39 is 0 Å². The quantitative estimate of drug-likeness (QED) is 0.195. The normalized spacial score (nSPS) is 15.8. The van der Waals surface area contributed by atoms with Gasteiger partial charge in [0.1, 0.15) is 0 Å². The molecule has 0 bridgehead atoms. The van der Waals surface area contributed by atoms with Crippen LogP contribution >= 0.6 is 36.5 Å². The van der Waals surface area contributed by atoms with Crippen molar-refractivity contribution < 1.29 is 47.5 Å². The van der Waals surface area contributed by atoms with Crippen LogP contribution < -0.4 is 35.3 Å². The van der Waals surface area contributed by atoms with Crippen LogP contribution in [0.4, 0.5) is 0 Å². The Labute approximate surface area is 220 Å². The molecule has 0 fully saturated rings. The summed E-state index contributed by atoms with van der Waals surface area (Å²) >= 11 is 6.50. The average molecular weight is 610 g/mol. The average Bonchev–Trinajstić information content (AvgIpc) is 3.40. The van der Waals surface area contributed by atoms with Crippen molar-refractivity contribution >= 4 is 47.5 Å². The topological polar surface area (TPSA) is 0 Å². The first-order chi connectivity index (χ1) is 13.8. The molecule has 3 aromatic carbocycles. The molecule has 2 aliphatic carbocycles. The number of rotatable bonds is 0. The van der Waals surface area contributed by atoms with Crippen LogP contribution in [0, 0.1) is 12.1 Å². The van der Waals surface area contributed by atoms with Gasteiger partial charge in [-0.2, -0.15) is 59.3 Å². The predicted octanol–water partition coefficient (Wildman–Crippen LogP) is -0.502. The summed E-state index contributed by atoms with van der Waals surface area (Å²) in [6.45, 7) is 0. The van der Waals surface area contributed by atoms with Gasteiger partial charge in [0.25, 0.3) is 0 Å². The maximum absolute atomic E-state index is 4.17. The van der Waals surface area contributed by atoms with Gasteiger partial charge in [-0.3, -0.25) is 0 Å². The molecule has 1 heterocycles. The molecule has 150 valence electrons. The molecule has 0 saturated carbocycles. The SMILES string of the molecule is BrC1[C-]=C2C=c3ccccc3=C2S1.[Cl-].[Cl-].[S]=[Zr+2].[c-]1cccc2c1Cc1ccccc1-2. The summed E-state index contributed by atoms with van der Waals surface area (Å²) in [6.07, 6.45) is 6.62. The molecule has 1 unspecified atom stereocenters. The zero-order valence-corrected chi connectivity index (χ0v) is 22.9. The Bertz CT molecular complexity index is 1150. The third-order valence-electron chi connectivity index (χ3n) is 4.86. The van der Waals surface area contributed by atoms with Crippen molar-refractivity contribution in [1.82, 2.24) is 0 Å². The molecule has 0 radical (unpaired) electrons. The second-order valence-electron chi connectivity index (χ2n) is 6.45. The first-order valence-electron chi connectivity index (χ1n) is 8.83. The Morgan fingerprint density at radius 3 is 2.47 bits per heavy atom. The van der Waals surface area contributed by atoms with E-state index in [-0.39, 0.29) is 24.8 Å².